The molecule has 3 unspecified atom stereocenters. The Labute approximate surface area is 222 Å². The normalized spacial score (nSPS) is 17.0. The number of amides is 2. The summed E-state index contributed by atoms with van der Waals surface area (Å²) in [7, 11) is 3.14. The molecule has 0 bridgehead atoms. The van der Waals surface area contributed by atoms with Gasteiger partial charge in [0.1, 0.15) is 11.9 Å². The van der Waals surface area contributed by atoms with Crippen molar-refractivity contribution in [3.63, 3.8) is 0 Å². The van der Waals surface area contributed by atoms with Gasteiger partial charge >= 0.3 is 6.09 Å². The third-order valence-corrected chi connectivity index (χ3v) is 6.56. The largest absolute Gasteiger partial charge is 0.453 e. The zero-order chi connectivity index (χ0) is 26.6. The highest BCUT2D eigenvalue weighted by atomic mass is 35.5. The Morgan fingerprint density at radius 1 is 1.22 bits per heavy atom. The molecule has 2 aromatic rings. The summed E-state index contributed by atoms with van der Waals surface area (Å²) in [6.45, 7) is 2.23. The van der Waals surface area contributed by atoms with Gasteiger partial charge in [-0.1, -0.05) is 23.7 Å². The van der Waals surface area contributed by atoms with Gasteiger partial charge in [-0.15, -0.1) is 0 Å². The predicted octanol–water partition coefficient (Wildman–Crippen LogP) is 4.08. The number of rotatable bonds is 12. The molecule has 8 nitrogen and oxygen atoms in total. The van der Waals surface area contributed by atoms with E-state index in [4.69, 9.17) is 21.1 Å². The van der Waals surface area contributed by atoms with Gasteiger partial charge in [-0.05, 0) is 68.1 Å². The van der Waals surface area contributed by atoms with Gasteiger partial charge in [-0.3, -0.25) is 4.79 Å². The van der Waals surface area contributed by atoms with Gasteiger partial charge in [-0.25, -0.2) is 9.18 Å². The van der Waals surface area contributed by atoms with E-state index in [1.54, 1.807) is 24.3 Å². The van der Waals surface area contributed by atoms with Crippen molar-refractivity contribution in [1.29, 1.82) is 0 Å². The summed E-state index contributed by atoms with van der Waals surface area (Å²) in [5, 5.41) is 9.21. The molecule has 1 saturated heterocycles. The molecule has 1 aliphatic heterocycles. The van der Waals surface area contributed by atoms with Crippen LogP contribution in [0.2, 0.25) is 5.02 Å². The third-order valence-electron chi connectivity index (χ3n) is 6.32. The summed E-state index contributed by atoms with van der Waals surface area (Å²) in [6.07, 6.45) is 1.63. The van der Waals surface area contributed by atoms with Crippen LogP contribution in [0.15, 0.2) is 42.5 Å². The van der Waals surface area contributed by atoms with E-state index < -0.39 is 18.0 Å². The molecule has 0 saturated carbocycles. The van der Waals surface area contributed by atoms with Gasteiger partial charge in [0.05, 0.1) is 13.7 Å². The van der Waals surface area contributed by atoms with Gasteiger partial charge in [0.25, 0.3) is 5.91 Å². The van der Waals surface area contributed by atoms with Crippen LogP contribution in [0.25, 0.3) is 0 Å². The second-order valence-electron chi connectivity index (χ2n) is 8.97. The molecule has 3 rings (SSSR count). The minimum absolute atomic E-state index is 0.0802. The van der Waals surface area contributed by atoms with Gasteiger partial charge in [0.15, 0.2) is 0 Å². The molecule has 0 spiro atoms. The number of hydrogen-bond donors (Lipinski definition) is 3. The van der Waals surface area contributed by atoms with Crippen molar-refractivity contribution in [3.05, 3.63) is 70.0 Å². The molecule has 1 aliphatic rings. The Morgan fingerprint density at radius 3 is 2.76 bits per heavy atom. The van der Waals surface area contributed by atoms with Crippen molar-refractivity contribution < 1.29 is 28.2 Å². The summed E-state index contributed by atoms with van der Waals surface area (Å²) in [6, 6.07) is 11.2. The topological polar surface area (TPSA) is 97.9 Å². The van der Waals surface area contributed by atoms with Crippen molar-refractivity contribution in [1.82, 2.24) is 16.0 Å². The summed E-state index contributed by atoms with van der Waals surface area (Å²) in [5.41, 5.74) is 1.13. The molecule has 2 aromatic carbocycles. The van der Waals surface area contributed by atoms with Gasteiger partial charge in [0, 0.05) is 48.5 Å². The molecule has 0 radical (unpaired) electrons. The number of hydrogen-bond acceptors (Lipinski definition) is 6. The van der Waals surface area contributed by atoms with Gasteiger partial charge < -0.3 is 30.2 Å². The lowest BCUT2D eigenvalue weighted by Crippen LogP contribution is -2.41. The smallest absolute Gasteiger partial charge is 0.406 e. The Kier molecular flexibility index (Phi) is 11.6. The van der Waals surface area contributed by atoms with E-state index in [0.717, 1.165) is 32.5 Å². The monoisotopic (exact) mass is 535 g/mol. The van der Waals surface area contributed by atoms with E-state index in [-0.39, 0.29) is 30.7 Å². The molecule has 3 N–H and O–H groups in total. The highest BCUT2D eigenvalue weighted by Crippen LogP contribution is 2.30. The third kappa shape index (κ3) is 8.96. The Morgan fingerprint density at radius 2 is 2.05 bits per heavy atom. The van der Waals surface area contributed by atoms with Crippen molar-refractivity contribution >= 4 is 23.6 Å². The summed E-state index contributed by atoms with van der Waals surface area (Å²) >= 11 is 6.17. The first kappa shape index (κ1) is 28.8. The SMILES string of the molecule is CNC(CNC(=O)c1ccc(F)c(C(OCCNC(=O)OC)c2cccc(Cl)c2)c1)CC1CCCOC1. The lowest BCUT2D eigenvalue weighted by atomic mass is 9.94. The molecule has 2 amide bonds. The second-order valence-corrected chi connectivity index (χ2v) is 9.41. The number of benzene rings is 2. The highest BCUT2D eigenvalue weighted by Gasteiger charge is 2.23. The van der Waals surface area contributed by atoms with E-state index in [1.807, 2.05) is 7.05 Å². The van der Waals surface area contributed by atoms with Gasteiger partial charge in [-0.2, -0.15) is 0 Å². The number of carbonyl (C=O) groups excluding carboxylic acids is 2. The maximum Gasteiger partial charge on any atom is 0.406 e. The molecule has 37 heavy (non-hydrogen) atoms. The molecular formula is C27H35ClFN3O5. The number of methoxy groups -OCH3 is 1. The number of halogens is 2. The van der Waals surface area contributed by atoms with Crippen LogP contribution in [-0.4, -0.2) is 65.1 Å². The fourth-order valence-electron chi connectivity index (χ4n) is 4.34. The molecule has 202 valence electrons. The van der Waals surface area contributed by atoms with Crippen LogP contribution >= 0.6 is 11.6 Å². The van der Waals surface area contributed by atoms with Crippen molar-refractivity contribution in [2.45, 2.75) is 31.4 Å². The molecule has 1 fully saturated rings. The van der Waals surface area contributed by atoms with E-state index >= 15 is 4.39 Å². The molecule has 0 aromatic heterocycles. The van der Waals surface area contributed by atoms with Crippen molar-refractivity contribution in [2.75, 3.05) is 47.1 Å². The van der Waals surface area contributed by atoms with E-state index in [2.05, 4.69) is 20.7 Å². The minimum Gasteiger partial charge on any atom is -0.453 e. The highest BCUT2D eigenvalue weighted by molar-refractivity contribution is 6.30. The molecule has 1 heterocycles. The average molecular weight is 536 g/mol. The number of ether oxygens (including phenoxy) is 3. The van der Waals surface area contributed by atoms with Crippen LogP contribution in [0.4, 0.5) is 9.18 Å². The van der Waals surface area contributed by atoms with Crippen LogP contribution in [0.1, 0.15) is 46.9 Å². The number of likely N-dealkylation sites (N-methyl/N-ethyl adjacent to an activating group) is 1. The van der Waals surface area contributed by atoms with Crippen LogP contribution in [0, 0.1) is 11.7 Å². The van der Waals surface area contributed by atoms with E-state index in [0.29, 0.717) is 28.6 Å². The Bertz CT molecular complexity index is 1030. The Hall–Kier alpha value is -2.72. The first-order chi connectivity index (χ1) is 17.9. The summed E-state index contributed by atoms with van der Waals surface area (Å²) < 4.78 is 31.1. The fraction of sp³-hybridized carbons (Fsp3) is 0.481. The average Bonchev–Trinajstić information content (AvgIpc) is 2.91. The summed E-state index contributed by atoms with van der Waals surface area (Å²) in [5.74, 6) is -0.365. The first-order valence-electron chi connectivity index (χ1n) is 12.4. The van der Waals surface area contributed by atoms with Crippen LogP contribution < -0.4 is 16.0 Å². The van der Waals surface area contributed by atoms with Crippen molar-refractivity contribution in [3.8, 4) is 0 Å². The zero-order valence-corrected chi connectivity index (χ0v) is 22.0. The fourth-order valence-corrected chi connectivity index (χ4v) is 4.54. The van der Waals surface area contributed by atoms with Crippen LogP contribution in [-0.2, 0) is 14.2 Å². The molecular weight excluding hydrogens is 501 g/mol. The molecule has 10 heteroatoms. The maximum atomic E-state index is 15.0. The Balaban J connectivity index is 1.72. The lowest BCUT2D eigenvalue weighted by Gasteiger charge is -2.26. The first-order valence-corrected chi connectivity index (χ1v) is 12.8. The van der Waals surface area contributed by atoms with Gasteiger partial charge in [0.2, 0.25) is 0 Å². The number of carbonyl (C=O) groups is 2. The zero-order valence-electron chi connectivity index (χ0n) is 21.2. The summed E-state index contributed by atoms with van der Waals surface area (Å²) in [4.78, 5) is 24.3. The second kappa shape index (κ2) is 14.9. The maximum absolute atomic E-state index is 15.0. The van der Waals surface area contributed by atoms with Crippen LogP contribution in [0.5, 0.6) is 0 Å². The molecule has 0 aliphatic carbocycles. The van der Waals surface area contributed by atoms with Crippen molar-refractivity contribution in [2.24, 2.45) is 5.92 Å². The predicted molar refractivity (Wildman–Crippen MR) is 139 cm³/mol. The standard InChI is InChI=1S/C27H35ClFN3O5/c1-30-22(13-18-5-4-11-36-17-18)16-32-26(33)20-8-9-24(29)23(15-20)25(19-6-3-7-21(28)14-19)37-12-10-31-27(34)35-2/h3,6-9,14-15,18,22,25,30H,4-5,10-13,16-17H2,1-2H3,(H,31,34)(H,32,33). The molecule has 3 atom stereocenters. The quantitative estimate of drug-likeness (QED) is 0.354. The van der Waals surface area contributed by atoms with E-state index in [9.17, 15) is 9.59 Å². The van der Waals surface area contributed by atoms with E-state index in [1.165, 1.54) is 25.3 Å². The lowest BCUT2D eigenvalue weighted by molar-refractivity contribution is 0.0478. The number of nitrogens with one attached hydrogen (secondary N) is 3. The van der Waals surface area contributed by atoms with Crippen LogP contribution in [0.3, 0.4) is 0 Å². The minimum atomic E-state index is -0.845. The number of alkyl carbamates (subject to hydrolysis) is 1.